The van der Waals surface area contributed by atoms with Crippen LogP contribution in [0.1, 0.15) is 18.1 Å². The van der Waals surface area contributed by atoms with Gasteiger partial charge in [0.25, 0.3) is 0 Å². The predicted molar refractivity (Wildman–Crippen MR) is 119 cm³/mol. The SMILES string of the molecule is COc1cc(CNCCNCC(C)O)cc(Br)c1OCc1ccc2c(c1)OCCO2. The summed E-state index contributed by atoms with van der Waals surface area (Å²) < 4.78 is 23.6. The van der Waals surface area contributed by atoms with E-state index in [0.717, 1.165) is 40.2 Å². The van der Waals surface area contributed by atoms with Gasteiger partial charge in [-0.1, -0.05) is 6.07 Å². The molecule has 2 aromatic carbocycles. The van der Waals surface area contributed by atoms with Gasteiger partial charge < -0.3 is 34.7 Å². The third-order valence-electron chi connectivity index (χ3n) is 4.53. The van der Waals surface area contributed by atoms with Crippen molar-refractivity contribution in [3.8, 4) is 23.0 Å². The molecule has 0 saturated carbocycles. The molecule has 164 valence electrons. The Balaban J connectivity index is 1.56. The molecule has 1 aliphatic rings. The van der Waals surface area contributed by atoms with E-state index in [4.69, 9.17) is 18.9 Å². The van der Waals surface area contributed by atoms with E-state index >= 15 is 0 Å². The highest BCUT2D eigenvalue weighted by atomic mass is 79.9. The maximum Gasteiger partial charge on any atom is 0.175 e. The molecule has 1 heterocycles. The van der Waals surface area contributed by atoms with Gasteiger partial charge in [-0.3, -0.25) is 0 Å². The van der Waals surface area contributed by atoms with E-state index in [9.17, 15) is 5.11 Å². The monoisotopic (exact) mass is 480 g/mol. The first-order chi connectivity index (χ1) is 14.6. The number of aliphatic hydroxyl groups excluding tert-OH is 1. The van der Waals surface area contributed by atoms with Crippen LogP contribution in [0.5, 0.6) is 23.0 Å². The van der Waals surface area contributed by atoms with Gasteiger partial charge in [-0.25, -0.2) is 0 Å². The summed E-state index contributed by atoms with van der Waals surface area (Å²) in [6.45, 7) is 6.17. The van der Waals surface area contributed by atoms with Crippen molar-refractivity contribution in [2.75, 3.05) is 40.0 Å². The van der Waals surface area contributed by atoms with Gasteiger partial charge in [0.2, 0.25) is 0 Å². The number of fused-ring (bicyclic) bond motifs is 1. The van der Waals surface area contributed by atoms with Crippen LogP contribution in [0.15, 0.2) is 34.8 Å². The van der Waals surface area contributed by atoms with E-state index in [1.165, 1.54) is 0 Å². The molecule has 7 nitrogen and oxygen atoms in total. The van der Waals surface area contributed by atoms with Crippen LogP contribution in [-0.2, 0) is 13.2 Å². The number of ether oxygens (including phenoxy) is 4. The average molecular weight is 481 g/mol. The predicted octanol–water partition coefficient (Wildman–Crippen LogP) is 2.87. The normalized spacial score (nSPS) is 13.7. The lowest BCUT2D eigenvalue weighted by Crippen LogP contribution is -2.31. The number of hydrogen-bond acceptors (Lipinski definition) is 7. The van der Waals surface area contributed by atoms with Crippen LogP contribution >= 0.6 is 15.9 Å². The Bertz CT molecular complexity index is 831. The Morgan fingerprint density at radius 1 is 1.07 bits per heavy atom. The Morgan fingerprint density at radius 3 is 2.60 bits per heavy atom. The third kappa shape index (κ3) is 6.50. The first kappa shape index (κ1) is 22.7. The summed E-state index contributed by atoms with van der Waals surface area (Å²) in [7, 11) is 1.63. The summed E-state index contributed by atoms with van der Waals surface area (Å²) in [4.78, 5) is 0. The Labute approximate surface area is 185 Å². The molecule has 0 aromatic heterocycles. The van der Waals surface area contributed by atoms with Crippen LogP contribution in [0.2, 0.25) is 0 Å². The minimum absolute atomic E-state index is 0.333. The van der Waals surface area contributed by atoms with Gasteiger partial charge in [-0.2, -0.15) is 0 Å². The number of rotatable bonds is 11. The van der Waals surface area contributed by atoms with Gasteiger partial charge in [-0.05, 0) is 58.2 Å². The topological polar surface area (TPSA) is 81.2 Å². The fraction of sp³-hybridized carbons (Fsp3) is 0.455. The second-order valence-electron chi connectivity index (χ2n) is 7.11. The van der Waals surface area contributed by atoms with Crippen molar-refractivity contribution in [1.29, 1.82) is 0 Å². The molecule has 30 heavy (non-hydrogen) atoms. The zero-order chi connectivity index (χ0) is 21.3. The molecule has 0 radical (unpaired) electrons. The molecular formula is C22H29BrN2O5. The summed E-state index contributed by atoms with van der Waals surface area (Å²) in [6, 6.07) is 9.82. The van der Waals surface area contributed by atoms with E-state index in [0.29, 0.717) is 44.4 Å². The van der Waals surface area contributed by atoms with Gasteiger partial charge in [0.1, 0.15) is 19.8 Å². The van der Waals surface area contributed by atoms with E-state index in [2.05, 4.69) is 26.6 Å². The molecule has 3 rings (SSSR count). The molecule has 8 heteroatoms. The maximum absolute atomic E-state index is 9.24. The Hall–Kier alpha value is -2.00. The van der Waals surface area contributed by atoms with Crippen LogP contribution in [-0.4, -0.2) is 51.2 Å². The van der Waals surface area contributed by atoms with Crippen LogP contribution in [0, 0.1) is 0 Å². The smallest absolute Gasteiger partial charge is 0.175 e. The van der Waals surface area contributed by atoms with Gasteiger partial charge in [0.15, 0.2) is 23.0 Å². The maximum atomic E-state index is 9.24. The zero-order valence-corrected chi connectivity index (χ0v) is 19.0. The fourth-order valence-corrected chi connectivity index (χ4v) is 3.67. The molecule has 0 amide bonds. The molecule has 0 spiro atoms. The Morgan fingerprint density at radius 2 is 1.83 bits per heavy atom. The molecule has 1 unspecified atom stereocenters. The van der Waals surface area contributed by atoms with Crippen molar-refractivity contribution in [1.82, 2.24) is 10.6 Å². The van der Waals surface area contributed by atoms with Gasteiger partial charge in [0.05, 0.1) is 17.7 Å². The van der Waals surface area contributed by atoms with Gasteiger partial charge in [0, 0.05) is 26.2 Å². The summed E-state index contributed by atoms with van der Waals surface area (Å²) in [5.74, 6) is 2.85. The molecule has 0 fully saturated rings. The molecule has 1 aliphatic heterocycles. The zero-order valence-electron chi connectivity index (χ0n) is 17.4. The summed E-state index contributed by atoms with van der Waals surface area (Å²) in [5.41, 5.74) is 2.07. The van der Waals surface area contributed by atoms with Crippen LogP contribution < -0.4 is 29.6 Å². The van der Waals surface area contributed by atoms with Crippen LogP contribution in [0.4, 0.5) is 0 Å². The van der Waals surface area contributed by atoms with E-state index in [1.54, 1.807) is 14.0 Å². The van der Waals surface area contributed by atoms with Crippen LogP contribution in [0.3, 0.4) is 0 Å². The minimum atomic E-state index is -0.333. The average Bonchev–Trinajstić information content (AvgIpc) is 2.74. The highest BCUT2D eigenvalue weighted by Gasteiger charge is 2.15. The first-order valence-electron chi connectivity index (χ1n) is 10.0. The second-order valence-corrected chi connectivity index (χ2v) is 7.96. The lowest BCUT2D eigenvalue weighted by molar-refractivity contribution is 0.171. The van der Waals surface area contributed by atoms with Crippen molar-refractivity contribution in [2.24, 2.45) is 0 Å². The molecule has 1 atom stereocenters. The molecule has 2 aromatic rings. The van der Waals surface area contributed by atoms with Gasteiger partial charge >= 0.3 is 0 Å². The van der Waals surface area contributed by atoms with Crippen molar-refractivity contribution in [3.63, 3.8) is 0 Å². The molecule has 0 aliphatic carbocycles. The molecule has 0 saturated heterocycles. The fourth-order valence-electron chi connectivity index (χ4n) is 3.07. The number of halogens is 1. The summed E-state index contributed by atoms with van der Waals surface area (Å²) in [5, 5.41) is 15.8. The largest absolute Gasteiger partial charge is 0.493 e. The minimum Gasteiger partial charge on any atom is -0.493 e. The van der Waals surface area contributed by atoms with Crippen LogP contribution in [0.25, 0.3) is 0 Å². The first-order valence-corrected chi connectivity index (χ1v) is 10.8. The summed E-state index contributed by atoms with van der Waals surface area (Å²) in [6.07, 6.45) is -0.333. The Kier molecular flexibility index (Phi) is 8.62. The number of methoxy groups -OCH3 is 1. The number of benzene rings is 2. The third-order valence-corrected chi connectivity index (χ3v) is 5.12. The van der Waals surface area contributed by atoms with E-state index < -0.39 is 0 Å². The molecule has 0 bridgehead atoms. The standard InChI is InChI=1S/C22H29BrN2O5/c1-15(26)12-24-5-6-25-13-17-9-18(23)22(21(11-17)27-2)30-14-16-3-4-19-20(10-16)29-8-7-28-19/h3-4,9-11,15,24-26H,5-8,12-14H2,1-2H3. The quantitative estimate of drug-likeness (QED) is 0.426. The van der Waals surface area contributed by atoms with E-state index in [-0.39, 0.29) is 6.10 Å². The highest BCUT2D eigenvalue weighted by Crippen LogP contribution is 2.38. The summed E-state index contributed by atoms with van der Waals surface area (Å²) >= 11 is 3.60. The number of aliphatic hydroxyl groups is 1. The number of nitrogens with one attached hydrogen (secondary N) is 2. The lowest BCUT2D eigenvalue weighted by atomic mass is 10.2. The second kappa shape index (κ2) is 11.4. The van der Waals surface area contributed by atoms with Crippen molar-refractivity contribution in [3.05, 3.63) is 45.9 Å². The van der Waals surface area contributed by atoms with Crippen molar-refractivity contribution >= 4 is 15.9 Å². The van der Waals surface area contributed by atoms with Crippen molar-refractivity contribution in [2.45, 2.75) is 26.2 Å². The van der Waals surface area contributed by atoms with Gasteiger partial charge in [-0.15, -0.1) is 0 Å². The van der Waals surface area contributed by atoms with Crippen molar-refractivity contribution < 1.29 is 24.1 Å². The van der Waals surface area contributed by atoms with E-state index in [1.807, 2.05) is 30.3 Å². The number of hydrogen-bond donors (Lipinski definition) is 3. The lowest BCUT2D eigenvalue weighted by Gasteiger charge is -2.19. The molecular weight excluding hydrogens is 452 g/mol. The molecule has 3 N–H and O–H groups in total. The highest BCUT2D eigenvalue weighted by molar-refractivity contribution is 9.10.